The van der Waals surface area contributed by atoms with E-state index in [9.17, 15) is 4.79 Å². The van der Waals surface area contributed by atoms with E-state index >= 15 is 0 Å². The molecule has 0 heterocycles. The van der Waals surface area contributed by atoms with E-state index in [1.165, 1.54) is 12.1 Å². The molecular weight excluding hydrogens is 195 g/mol. The summed E-state index contributed by atoms with van der Waals surface area (Å²) in [7, 11) is 1.27. The van der Waals surface area contributed by atoms with Gasteiger partial charge in [-0.05, 0) is 0 Å². The van der Waals surface area contributed by atoms with Crippen molar-refractivity contribution in [2.45, 2.75) is 0 Å². The molecule has 0 saturated carbocycles. The van der Waals surface area contributed by atoms with Gasteiger partial charge in [-0.2, -0.15) is 0 Å². The largest absolute Gasteiger partial charge is 0.465 e. The van der Waals surface area contributed by atoms with Gasteiger partial charge in [-0.1, -0.05) is 27.5 Å². The molecule has 0 fully saturated rings. The molecule has 0 aromatic heterocycles. The number of carbonyl (C=O) groups excluding carboxylic acids is 1. The molecule has 46 valence electrons. The van der Waals surface area contributed by atoms with Crippen LogP contribution in [0.1, 0.15) is 0 Å². The van der Waals surface area contributed by atoms with Crippen LogP contribution in [0.15, 0.2) is 10.0 Å². The van der Waals surface area contributed by atoms with Crippen LogP contribution >= 0.6 is 27.5 Å². The minimum atomic E-state index is -0.538. The lowest BCUT2D eigenvalue weighted by Gasteiger charge is -1.90. The second kappa shape index (κ2) is 3.92. The Morgan fingerprint density at radius 3 is 2.50 bits per heavy atom. The summed E-state index contributed by atoms with van der Waals surface area (Å²) in [6.45, 7) is 0. The van der Waals surface area contributed by atoms with Gasteiger partial charge < -0.3 is 4.74 Å². The molecule has 0 aliphatic heterocycles. The topological polar surface area (TPSA) is 26.3 Å². The molecule has 0 N–H and O–H groups in total. The van der Waals surface area contributed by atoms with Crippen LogP contribution in [0, 0.1) is 0 Å². The minimum Gasteiger partial charge on any atom is -0.465 e. The Kier molecular flexibility index (Phi) is 3.91. The molecule has 0 amide bonds. The molecule has 0 spiro atoms. The molecule has 0 aliphatic carbocycles. The third-order valence-electron chi connectivity index (χ3n) is 0.476. The fraction of sp³-hybridized carbons (Fsp3) is 0.250. The predicted molar refractivity (Wildman–Crippen MR) is 34.9 cm³/mol. The smallest absolute Gasteiger partial charge is 0.350 e. The standard InChI is InChI=1S/C4H4BrClO2/c1-8-4(7)3(6)2-5/h2H,1H3/b3-2-. The van der Waals surface area contributed by atoms with Crippen molar-refractivity contribution in [2.24, 2.45) is 0 Å². The summed E-state index contributed by atoms with van der Waals surface area (Å²) in [5, 5.41) is 0.0347. The number of rotatable bonds is 1. The van der Waals surface area contributed by atoms with Crippen LogP contribution in [0.2, 0.25) is 0 Å². The van der Waals surface area contributed by atoms with Gasteiger partial charge in [0.1, 0.15) is 5.03 Å². The van der Waals surface area contributed by atoms with E-state index in [4.69, 9.17) is 11.6 Å². The summed E-state index contributed by atoms with van der Waals surface area (Å²) in [4.78, 5) is 11.6. The number of halogens is 2. The zero-order valence-corrected chi connectivity index (χ0v) is 6.49. The van der Waals surface area contributed by atoms with Crippen LogP contribution in [0.25, 0.3) is 0 Å². The number of ether oxygens (including phenoxy) is 1. The third-order valence-corrected chi connectivity index (χ3v) is 1.46. The van der Waals surface area contributed by atoms with Crippen LogP contribution in [-0.4, -0.2) is 13.1 Å². The highest BCUT2D eigenvalue weighted by Gasteiger charge is 2.02. The van der Waals surface area contributed by atoms with Crippen LogP contribution in [0.3, 0.4) is 0 Å². The first-order valence-corrected chi connectivity index (χ1v) is 3.06. The molecule has 8 heavy (non-hydrogen) atoms. The molecule has 0 aliphatic rings. The van der Waals surface area contributed by atoms with E-state index in [-0.39, 0.29) is 5.03 Å². The fourth-order valence-corrected chi connectivity index (χ4v) is 0.406. The molecule has 4 heteroatoms. The van der Waals surface area contributed by atoms with Gasteiger partial charge in [0.15, 0.2) is 0 Å². The number of hydrogen-bond donors (Lipinski definition) is 0. The molecule has 0 aromatic rings. The molecule has 0 aromatic carbocycles. The van der Waals surface area contributed by atoms with Crippen molar-refractivity contribution in [2.75, 3.05) is 7.11 Å². The predicted octanol–water partition coefficient (Wildman–Crippen LogP) is 1.63. The van der Waals surface area contributed by atoms with Crippen molar-refractivity contribution in [3.63, 3.8) is 0 Å². The van der Waals surface area contributed by atoms with Crippen LogP contribution < -0.4 is 0 Å². The summed E-state index contributed by atoms with van der Waals surface area (Å²) >= 11 is 8.12. The average molecular weight is 199 g/mol. The van der Waals surface area contributed by atoms with Gasteiger partial charge in [0.2, 0.25) is 0 Å². The van der Waals surface area contributed by atoms with E-state index in [1.54, 1.807) is 0 Å². The maximum atomic E-state index is 10.3. The Balaban J connectivity index is 3.83. The summed E-state index contributed by atoms with van der Waals surface area (Å²) in [6.07, 6.45) is 0. The first-order valence-electron chi connectivity index (χ1n) is 1.76. The van der Waals surface area contributed by atoms with E-state index in [0.29, 0.717) is 0 Å². The van der Waals surface area contributed by atoms with Crippen molar-refractivity contribution < 1.29 is 9.53 Å². The second-order valence-corrected chi connectivity index (χ2v) is 1.81. The first kappa shape index (κ1) is 7.98. The van der Waals surface area contributed by atoms with Gasteiger partial charge in [-0.15, -0.1) is 0 Å². The fourth-order valence-electron chi connectivity index (χ4n) is 0.142. The molecule has 2 nitrogen and oxygen atoms in total. The Morgan fingerprint density at radius 1 is 1.88 bits per heavy atom. The van der Waals surface area contributed by atoms with Gasteiger partial charge in [0.05, 0.1) is 7.11 Å². The van der Waals surface area contributed by atoms with Gasteiger partial charge in [-0.3, -0.25) is 0 Å². The van der Waals surface area contributed by atoms with E-state index < -0.39 is 5.97 Å². The second-order valence-electron chi connectivity index (χ2n) is 0.949. The quantitative estimate of drug-likeness (QED) is 0.474. The lowest BCUT2D eigenvalue weighted by molar-refractivity contribution is -0.135. The van der Waals surface area contributed by atoms with Crippen molar-refractivity contribution in [1.29, 1.82) is 0 Å². The Hall–Kier alpha value is -0.0200. The minimum absolute atomic E-state index is 0.0347. The van der Waals surface area contributed by atoms with Crippen molar-refractivity contribution >= 4 is 33.5 Å². The van der Waals surface area contributed by atoms with Gasteiger partial charge in [0.25, 0.3) is 0 Å². The number of hydrogen-bond acceptors (Lipinski definition) is 2. The molecule has 0 bridgehead atoms. The lowest BCUT2D eigenvalue weighted by Crippen LogP contribution is -1.97. The molecule has 0 unspecified atom stereocenters. The van der Waals surface area contributed by atoms with Crippen LogP contribution in [0.4, 0.5) is 0 Å². The Morgan fingerprint density at radius 2 is 2.38 bits per heavy atom. The van der Waals surface area contributed by atoms with Crippen LogP contribution in [0.5, 0.6) is 0 Å². The maximum Gasteiger partial charge on any atom is 0.350 e. The Bertz CT molecular complexity index is 121. The van der Waals surface area contributed by atoms with Crippen molar-refractivity contribution in [3.05, 3.63) is 10.0 Å². The number of esters is 1. The monoisotopic (exact) mass is 198 g/mol. The highest BCUT2D eigenvalue weighted by Crippen LogP contribution is 2.05. The zero-order valence-electron chi connectivity index (χ0n) is 4.15. The average Bonchev–Trinajstić information content (AvgIpc) is 1.84. The molecule has 0 saturated heterocycles. The van der Waals surface area contributed by atoms with E-state index in [1.807, 2.05) is 0 Å². The maximum absolute atomic E-state index is 10.3. The van der Waals surface area contributed by atoms with Gasteiger partial charge in [0, 0.05) is 4.99 Å². The third kappa shape index (κ3) is 2.33. The normalized spacial score (nSPS) is 11.1. The van der Waals surface area contributed by atoms with E-state index in [0.717, 1.165) is 0 Å². The number of carbonyl (C=O) groups is 1. The highest BCUT2D eigenvalue weighted by atomic mass is 79.9. The number of methoxy groups -OCH3 is 1. The van der Waals surface area contributed by atoms with E-state index in [2.05, 4.69) is 20.7 Å². The molecule has 0 atom stereocenters. The summed E-state index contributed by atoms with van der Waals surface area (Å²) in [5.74, 6) is -0.538. The molecule has 0 radical (unpaired) electrons. The SMILES string of the molecule is COC(=O)/C(Cl)=C/Br. The summed E-state index contributed by atoms with van der Waals surface area (Å²) in [6, 6.07) is 0. The summed E-state index contributed by atoms with van der Waals surface area (Å²) in [5.41, 5.74) is 0. The van der Waals surface area contributed by atoms with Crippen LogP contribution in [-0.2, 0) is 9.53 Å². The molecular formula is C4H4BrClO2. The van der Waals surface area contributed by atoms with Crippen molar-refractivity contribution in [3.8, 4) is 0 Å². The summed E-state index contributed by atoms with van der Waals surface area (Å²) < 4.78 is 4.23. The van der Waals surface area contributed by atoms with Crippen molar-refractivity contribution in [1.82, 2.24) is 0 Å². The zero-order chi connectivity index (χ0) is 6.57. The lowest BCUT2D eigenvalue weighted by atomic mass is 10.6. The highest BCUT2D eigenvalue weighted by molar-refractivity contribution is 9.11. The first-order chi connectivity index (χ1) is 3.72. The molecule has 0 rings (SSSR count). The Labute approximate surface area is 60.6 Å². The van der Waals surface area contributed by atoms with Gasteiger partial charge >= 0.3 is 5.97 Å². The van der Waals surface area contributed by atoms with Gasteiger partial charge in [-0.25, -0.2) is 4.79 Å².